The molecule has 5 heteroatoms. The van der Waals surface area contributed by atoms with Crippen molar-refractivity contribution in [2.45, 2.75) is 57.5 Å². The summed E-state index contributed by atoms with van der Waals surface area (Å²) in [6.45, 7) is 5.93. The summed E-state index contributed by atoms with van der Waals surface area (Å²) in [6.07, 6.45) is 3.20. The van der Waals surface area contributed by atoms with Crippen LogP contribution in [0, 0.1) is 5.82 Å². The number of carbonyl (C=O) groups is 1. The van der Waals surface area contributed by atoms with Crippen molar-refractivity contribution in [2.75, 3.05) is 11.9 Å². The molecule has 1 aromatic rings. The molecule has 1 saturated carbocycles. The molecule has 0 atom stereocenters. The van der Waals surface area contributed by atoms with Crippen LogP contribution in [0.5, 0.6) is 0 Å². The van der Waals surface area contributed by atoms with Crippen molar-refractivity contribution in [3.63, 3.8) is 0 Å². The molecule has 2 rings (SSSR count). The van der Waals surface area contributed by atoms with Gasteiger partial charge in [0.1, 0.15) is 11.4 Å². The van der Waals surface area contributed by atoms with Gasteiger partial charge in [-0.2, -0.15) is 0 Å². The Kier molecular flexibility index (Phi) is 4.75. The molecule has 0 bridgehead atoms. The monoisotopic (exact) mass is 308 g/mol. The Morgan fingerprint density at radius 3 is 2.59 bits per heavy atom. The predicted molar refractivity (Wildman–Crippen MR) is 85.5 cm³/mol. The number of halogens is 1. The van der Waals surface area contributed by atoms with Crippen LogP contribution in [0.25, 0.3) is 0 Å². The zero-order valence-corrected chi connectivity index (χ0v) is 13.5. The van der Waals surface area contributed by atoms with E-state index in [1.165, 1.54) is 6.07 Å². The summed E-state index contributed by atoms with van der Waals surface area (Å²) in [4.78, 5) is 11.8. The molecule has 122 valence electrons. The Balaban J connectivity index is 2.18. The molecule has 4 nitrogen and oxygen atoms in total. The smallest absolute Gasteiger partial charge is 0.412 e. The van der Waals surface area contributed by atoms with Crippen LogP contribution in [0.3, 0.4) is 0 Å². The van der Waals surface area contributed by atoms with E-state index in [9.17, 15) is 9.18 Å². The van der Waals surface area contributed by atoms with E-state index in [2.05, 4.69) is 5.32 Å². The van der Waals surface area contributed by atoms with E-state index in [0.29, 0.717) is 17.8 Å². The molecule has 0 radical (unpaired) electrons. The maximum absolute atomic E-state index is 14.2. The molecule has 1 aliphatic rings. The zero-order chi connectivity index (χ0) is 16.4. The van der Waals surface area contributed by atoms with Gasteiger partial charge in [0.2, 0.25) is 0 Å². The van der Waals surface area contributed by atoms with E-state index in [1.54, 1.807) is 32.9 Å². The Morgan fingerprint density at radius 1 is 1.41 bits per heavy atom. The molecule has 1 amide bonds. The van der Waals surface area contributed by atoms with Crippen molar-refractivity contribution in [3.8, 4) is 0 Å². The summed E-state index contributed by atoms with van der Waals surface area (Å²) in [6, 6.07) is 4.67. The summed E-state index contributed by atoms with van der Waals surface area (Å²) >= 11 is 0. The van der Waals surface area contributed by atoms with Gasteiger partial charge in [0.05, 0.1) is 0 Å². The fourth-order valence-electron chi connectivity index (χ4n) is 2.96. The molecule has 0 saturated heterocycles. The molecular formula is C17H25FN2O2. The summed E-state index contributed by atoms with van der Waals surface area (Å²) in [7, 11) is 0. The highest BCUT2D eigenvalue weighted by Crippen LogP contribution is 2.47. The third-order valence-electron chi connectivity index (χ3n) is 4.12. The van der Waals surface area contributed by atoms with E-state index in [1.807, 2.05) is 0 Å². The van der Waals surface area contributed by atoms with E-state index < -0.39 is 11.7 Å². The largest absolute Gasteiger partial charge is 0.444 e. The Labute approximate surface area is 131 Å². The van der Waals surface area contributed by atoms with E-state index in [0.717, 1.165) is 25.7 Å². The number of carbonyl (C=O) groups excluding carboxylic acids is 1. The molecule has 0 aliphatic heterocycles. The minimum Gasteiger partial charge on any atom is -0.444 e. The Bertz CT molecular complexity index is 548. The molecule has 0 aromatic heterocycles. The quantitative estimate of drug-likeness (QED) is 0.885. The maximum atomic E-state index is 14.2. The second-order valence-electron chi connectivity index (χ2n) is 6.99. The van der Waals surface area contributed by atoms with Crippen molar-refractivity contribution in [1.82, 2.24) is 0 Å². The molecule has 0 heterocycles. The summed E-state index contributed by atoms with van der Waals surface area (Å²) in [5.74, 6) is -0.233. The standard InChI is InChI=1S/C17H25FN2O2/c1-16(2,3)22-15(21)20-12-5-6-14(18)13(11-12)17(9-10-19)7-4-8-17/h5-6,11H,4,7-10,19H2,1-3H3,(H,20,21). The number of hydrogen-bond donors (Lipinski definition) is 2. The van der Waals surface area contributed by atoms with Crippen LogP contribution in [0.15, 0.2) is 18.2 Å². The number of anilines is 1. The highest BCUT2D eigenvalue weighted by Gasteiger charge is 2.39. The van der Waals surface area contributed by atoms with E-state index in [-0.39, 0.29) is 11.2 Å². The van der Waals surface area contributed by atoms with Crippen LogP contribution >= 0.6 is 0 Å². The molecule has 0 spiro atoms. The SMILES string of the molecule is CC(C)(C)OC(=O)Nc1ccc(F)c(C2(CCN)CCC2)c1. The van der Waals surface area contributed by atoms with Gasteiger partial charge >= 0.3 is 6.09 Å². The minimum atomic E-state index is -0.568. The average Bonchev–Trinajstić information content (AvgIpc) is 2.34. The van der Waals surface area contributed by atoms with Crippen molar-refractivity contribution >= 4 is 11.8 Å². The number of ether oxygens (including phenoxy) is 1. The normalized spacial score (nSPS) is 16.8. The number of hydrogen-bond acceptors (Lipinski definition) is 3. The lowest BCUT2D eigenvalue weighted by Gasteiger charge is -2.42. The lowest BCUT2D eigenvalue weighted by atomic mass is 9.62. The molecule has 3 N–H and O–H groups in total. The van der Waals surface area contributed by atoms with E-state index >= 15 is 0 Å². The number of benzene rings is 1. The average molecular weight is 308 g/mol. The molecular weight excluding hydrogens is 283 g/mol. The summed E-state index contributed by atoms with van der Waals surface area (Å²) < 4.78 is 19.5. The fourth-order valence-corrected chi connectivity index (χ4v) is 2.96. The van der Waals surface area contributed by atoms with E-state index in [4.69, 9.17) is 10.5 Å². The van der Waals surface area contributed by atoms with Crippen LogP contribution in [-0.4, -0.2) is 18.2 Å². The number of amides is 1. The van der Waals surface area contributed by atoms with Gasteiger partial charge in [-0.25, -0.2) is 9.18 Å². The molecule has 0 unspecified atom stereocenters. The first kappa shape index (κ1) is 16.7. The van der Waals surface area contributed by atoms with Gasteiger partial charge in [0.15, 0.2) is 0 Å². The van der Waals surface area contributed by atoms with Crippen LogP contribution in [0.2, 0.25) is 0 Å². The topological polar surface area (TPSA) is 64.3 Å². The third kappa shape index (κ3) is 3.77. The van der Waals surface area contributed by atoms with Crippen LogP contribution in [0.4, 0.5) is 14.9 Å². The van der Waals surface area contributed by atoms with Crippen molar-refractivity contribution in [2.24, 2.45) is 5.73 Å². The van der Waals surface area contributed by atoms with Crippen molar-refractivity contribution in [1.29, 1.82) is 0 Å². The van der Waals surface area contributed by atoms with Crippen LogP contribution in [0.1, 0.15) is 52.0 Å². The van der Waals surface area contributed by atoms with Crippen LogP contribution in [-0.2, 0) is 10.2 Å². The first-order valence-corrected chi connectivity index (χ1v) is 7.76. The molecule has 1 aliphatic carbocycles. The van der Waals surface area contributed by atoms with Gasteiger partial charge in [-0.1, -0.05) is 6.42 Å². The third-order valence-corrected chi connectivity index (χ3v) is 4.12. The Morgan fingerprint density at radius 2 is 2.09 bits per heavy atom. The van der Waals surface area contributed by atoms with Gasteiger partial charge < -0.3 is 10.5 Å². The second-order valence-corrected chi connectivity index (χ2v) is 6.99. The van der Waals surface area contributed by atoms with Crippen molar-refractivity contribution < 1.29 is 13.9 Å². The van der Waals surface area contributed by atoms with Crippen molar-refractivity contribution in [3.05, 3.63) is 29.6 Å². The second kappa shape index (κ2) is 6.24. The minimum absolute atomic E-state index is 0.176. The fraction of sp³-hybridized carbons (Fsp3) is 0.588. The van der Waals surface area contributed by atoms with Crippen LogP contribution < -0.4 is 11.1 Å². The first-order valence-electron chi connectivity index (χ1n) is 7.76. The zero-order valence-electron chi connectivity index (χ0n) is 13.5. The molecule has 1 fully saturated rings. The first-order chi connectivity index (χ1) is 10.3. The predicted octanol–water partition coefficient (Wildman–Crippen LogP) is 3.94. The Hall–Kier alpha value is -1.62. The number of nitrogens with two attached hydrogens (primary N) is 1. The van der Waals surface area contributed by atoms with Gasteiger partial charge in [-0.05, 0) is 75.8 Å². The lowest BCUT2D eigenvalue weighted by molar-refractivity contribution is 0.0636. The molecule has 22 heavy (non-hydrogen) atoms. The lowest BCUT2D eigenvalue weighted by Crippen LogP contribution is -2.37. The summed E-state index contributed by atoms with van der Waals surface area (Å²) in [5.41, 5.74) is 6.14. The van der Waals surface area contributed by atoms with Gasteiger partial charge in [0.25, 0.3) is 0 Å². The highest BCUT2D eigenvalue weighted by molar-refractivity contribution is 5.85. The number of nitrogens with one attached hydrogen (secondary N) is 1. The highest BCUT2D eigenvalue weighted by atomic mass is 19.1. The summed E-state index contributed by atoms with van der Waals surface area (Å²) in [5, 5.41) is 2.67. The maximum Gasteiger partial charge on any atom is 0.412 e. The number of rotatable bonds is 4. The van der Waals surface area contributed by atoms with Gasteiger partial charge in [-0.15, -0.1) is 0 Å². The van der Waals surface area contributed by atoms with Gasteiger partial charge in [-0.3, -0.25) is 5.32 Å². The van der Waals surface area contributed by atoms with Gasteiger partial charge in [0, 0.05) is 5.69 Å². The molecule has 1 aromatic carbocycles.